The summed E-state index contributed by atoms with van der Waals surface area (Å²) < 4.78 is 1.94. The number of hydrogen-bond donors (Lipinski definition) is 1. The molecule has 0 amide bonds. The Hall–Kier alpha value is -0.970. The van der Waals surface area contributed by atoms with Crippen molar-refractivity contribution in [2.24, 2.45) is 5.73 Å². The Kier molecular flexibility index (Phi) is 5.31. The SMILES string of the molecule is CCCn1cc(C(N)CSc2cccc(Cl)c2)cn1. The summed E-state index contributed by atoms with van der Waals surface area (Å²) in [6, 6.07) is 7.83. The van der Waals surface area contributed by atoms with Gasteiger partial charge in [-0.25, -0.2) is 0 Å². The molecule has 102 valence electrons. The lowest BCUT2D eigenvalue weighted by Gasteiger charge is -2.09. The number of halogens is 1. The van der Waals surface area contributed by atoms with Crippen LogP contribution < -0.4 is 5.73 Å². The zero-order chi connectivity index (χ0) is 13.7. The van der Waals surface area contributed by atoms with Gasteiger partial charge >= 0.3 is 0 Å². The summed E-state index contributed by atoms with van der Waals surface area (Å²) in [6.07, 6.45) is 4.97. The van der Waals surface area contributed by atoms with Gasteiger partial charge < -0.3 is 5.73 Å². The van der Waals surface area contributed by atoms with Crippen molar-refractivity contribution in [3.63, 3.8) is 0 Å². The monoisotopic (exact) mass is 295 g/mol. The first-order chi connectivity index (χ1) is 9.19. The molecule has 2 rings (SSSR count). The molecular weight excluding hydrogens is 278 g/mol. The van der Waals surface area contributed by atoms with Crippen molar-refractivity contribution in [2.45, 2.75) is 30.8 Å². The predicted octanol–water partition coefficient (Wildman–Crippen LogP) is 3.74. The van der Waals surface area contributed by atoms with E-state index in [1.807, 2.05) is 41.3 Å². The van der Waals surface area contributed by atoms with Crippen LogP contribution in [0, 0.1) is 0 Å². The van der Waals surface area contributed by atoms with Crippen LogP contribution in [0.25, 0.3) is 0 Å². The Morgan fingerprint density at radius 3 is 3.05 bits per heavy atom. The average molecular weight is 296 g/mol. The van der Waals surface area contributed by atoms with E-state index < -0.39 is 0 Å². The molecule has 0 saturated heterocycles. The zero-order valence-corrected chi connectivity index (χ0v) is 12.5. The predicted molar refractivity (Wildman–Crippen MR) is 81.6 cm³/mol. The van der Waals surface area contributed by atoms with E-state index in [2.05, 4.69) is 12.0 Å². The Labute approximate surface area is 123 Å². The minimum absolute atomic E-state index is 0.00501. The number of rotatable bonds is 6. The van der Waals surface area contributed by atoms with Gasteiger partial charge in [0.15, 0.2) is 0 Å². The maximum atomic E-state index is 6.18. The van der Waals surface area contributed by atoms with Gasteiger partial charge in [-0.15, -0.1) is 11.8 Å². The zero-order valence-electron chi connectivity index (χ0n) is 10.9. The van der Waals surface area contributed by atoms with E-state index in [4.69, 9.17) is 17.3 Å². The lowest BCUT2D eigenvalue weighted by atomic mass is 10.2. The minimum Gasteiger partial charge on any atom is -0.323 e. The van der Waals surface area contributed by atoms with E-state index in [1.165, 1.54) is 0 Å². The second-order valence-electron chi connectivity index (χ2n) is 4.41. The standard InChI is InChI=1S/C14H18ClN3S/c1-2-6-18-9-11(8-17-18)14(16)10-19-13-5-3-4-12(15)7-13/h3-5,7-9,14H,2,6,10,16H2,1H3. The third-order valence-electron chi connectivity index (χ3n) is 2.76. The normalized spacial score (nSPS) is 12.6. The summed E-state index contributed by atoms with van der Waals surface area (Å²) in [5, 5.41) is 5.06. The van der Waals surface area contributed by atoms with Crippen molar-refractivity contribution in [2.75, 3.05) is 5.75 Å². The van der Waals surface area contributed by atoms with Crippen molar-refractivity contribution in [1.29, 1.82) is 0 Å². The number of aryl methyl sites for hydroxylation is 1. The Morgan fingerprint density at radius 1 is 1.47 bits per heavy atom. The van der Waals surface area contributed by atoms with Gasteiger partial charge in [-0.05, 0) is 24.6 Å². The van der Waals surface area contributed by atoms with Crippen molar-refractivity contribution >= 4 is 23.4 Å². The third-order valence-corrected chi connectivity index (χ3v) is 4.11. The minimum atomic E-state index is -0.00501. The molecule has 0 saturated carbocycles. The molecule has 1 heterocycles. The summed E-state index contributed by atoms with van der Waals surface area (Å²) in [5.41, 5.74) is 7.27. The Bertz CT molecular complexity index is 527. The molecule has 0 bridgehead atoms. The van der Waals surface area contributed by atoms with Gasteiger partial charge in [-0.1, -0.05) is 24.6 Å². The second kappa shape index (κ2) is 6.98. The van der Waals surface area contributed by atoms with Crippen molar-refractivity contribution in [3.8, 4) is 0 Å². The van der Waals surface area contributed by atoms with Gasteiger partial charge in [-0.3, -0.25) is 4.68 Å². The van der Waals surface area contributed by atoms with E-state index in [9.17, 15) is 0 Å². The van der Waals surface area contributed by atoms with Crippen LogP contribution in [0.2, 0.25) is 5.02 Å². The van der Waals surface area contributed by atoms with Gasteiger partial charge in [0, 0.05) is 40.0 Å². The fourth-order valence-corrected chi connectivity index (χ4v) is 2.97. The van der Waals surface area contributed by atoms with Crippen LogP contribution in [0.3, 0.4) is 0 Å². The molecule has 1 atom stereocenters. The van der Waals surface area contributed by atoms with Crippen LogP contribution in [0.1, 0.15) is 24.9 Å². The number of benzene rings is 1. The molecule has 1 aromatic carbocycles. The maximum absolute atomic E-state index is 6.18. The first-order valence-electron chi connectivity index (χ1n) is 6.35. The number of nitrogens with zero attached hydrogens (tertiary/aromatic N) is 2. The fourth-order valence-electron chi connectivity index (χ4n) is 1.76. The molecule has 3 nitrogen and oxygen atoms in total. The van der Waals surface area contributed by atoms with Gasteiger partial charge in [-0.2, -0.15) is 5.10 Å². The Morgan fingerprint density at radius 2 is 2.32 bits per heavy atom. The summed E-state index contributed by atoms with van der Waals surface area (Å²) in [5.74, 6) is 0.818. The smallest absolute Gasteiger partial charge is 0.0537 e. The quantitative estimate of drug-likeness (QED) is 0.826. The first kappa shape index (κ1) is 14.4. The van der Waals surface area contributed by atoms with Crippen LogP contribution in [0.4, 0.5) is 0 Å². The maximum Gasteiger partial charge on any atom is 0.0537 e. The first-order valence-corrected chi connectivity index (χ1v) is 7.71. The average Bonchev–Trinajstić information content (AvgIpc) is 2.85. The highest BCUT2D eigenvalue weighted by atomic mass is 35.5. The molecule has 0 aliphatic carbocycles. The number of thioether (sulfide) groups is 1. The highest BCUT2D eigenvalue weighted by molar-refractivity contribution is 7.99. The second-order valence-corrected chi connectivity index (χ2v) is 5.94. The summed E-state index contributed by atoms with van der Waals surface area (Å²) >= 11 is 7.67. The molecular formula is C14H18ClN3S. The largest absolute Gasteiger partial charge is 0.323 e. The van der Waals surface area contributed by atoms with Gasteiger partial charge in [0.25, 0.3) is 0 Å². The summed E-state index contributed by atoms with van der Waals surface area (Å²) in [6.45, 7) is 3.07. The molecule has 0 aliphatic rings. The molecule has 0 spiro atoms. The van der Waals surface area contributed by atoms with Crippen LogP contribution in [0.15, 0.2) is 41.6 Å². The van der Waals surface area contributed by atoms with Crippen molar-refractivity contribution in [1.82, 2.24) is 9.78 Å². The van der Waals surface area contributed by atoms with E-state index in [1.54, 1.807) is 11.8 Å². The lowest BCUT2D eigenvalue weighted by Crippen LogP contribution is -2.12. The molecule has 1 unspecified atom stereocenters. The van der Waals surface area contributed by atoms with Crippen LogP contribution in [-0.4, -0.2) is 15.5 Å². The van der Waals surface area contributed by atoms with Crippen LogP contribution in [-0.2, 0) is 6.54 Å². The molecule has 5 heteroatoms. The van der Waals surface area contributed by atoms with E-state index >= 15 is 0 Å². The van der Waals surface area contributed by atoms with Crippen molar-refractivity contribution in [3.05, 3.63) is 47.2 Å². The molecule has 1 aromatic heterocycles. The van der Waals surface area contributed by atoms with E-state index in [0.29, 0.717) is 0 Å². The van der Waals surface area contributed by atoms with Crippen LogP contribution in [0.5, 0.6) is 0 Å². The summed E-state index contributed by atoms with van der Waals surface area (Å²) in [4.78, 5) is 1.14. The third kappa shape index (κ3) is 4.27. The van der Waals surface area contributed by atoms with Crippen molar-refractivity contribution < 1.29 is 0 Å². The molecule has 2 N–H and O–H groups in total. The number of nitrogens with two attached hydrogens (primary N) is 1. The van der Waals surface area contributed by atoms with Crippen LogP contribution >= 0.6 is 23.4 Å². The highest BCUT2D eigenvalue weighted by Gasteiger charge is 2.09. The van der Waals surface area contributed by atoms with E-state index in [0.717, 1.165) is 34.2 Å². The number of hydrogen-bond acceptors (Lipinski definition) is 3. The molecule has 19 heavy (non-hydrogen) atoms. The molecule has 0 radical (unpaired) electrons. The van der Waals surface area contributed by atoms with Gasteiger partial charge in [0.05, 0.1) is 6.20 Å². The highest BCUT2D eigenvalue weighted by Crippen LogP contribution is 2.25. The molecule has 2 aromatic rings. The van der Waals surface area contributed by atoms with E-state index in [-0.39, 0.29) is 6.04 Å². The molecule has 0 aliphatic heterocycles. The fraction of sp³-hybridized carbons (Fsp3) is 0.357. The Balaban J connectivity index is 1.91. The number of aromatic nitrogens is 2. The lowest BCUT2D eigenvalue weighted by molar-refractivity contribution is 0.601. The topological polar surface area (TPSA) is 43.8 Å². The summed E-state index contributed by atoms with van der Waals surface area (Å²) in [7, 11) is 0. The molecule has 0 fully saturated rings. The van der Waals surface area contributed by atoms with Gasteiger partial charge in [0.2, 0.25) is 0 Å². The van der Waals surface area contributed by atoms with Gasteiger partial charge in [0.1, 0.15) is 0 Å².